The maximum atomic E-state index is 4.52. The summed E-state index contributed by atoms with van der Waals surface area (Å²) in [6.07, 6.45) is 3.04. The maximum Gasteiger partial charge on any atom is 0.0573 e. The molecule has 1 atom stereocenters. The van der Waals surface area contributed by atoms with Crippen LogP contribution in [-0.2, 0) is 0 Å². The van der Waals surface area contributed by atoms with Gasteiger partial charge in [-0.25, -0.2) is 0 Å². The summed E-state index contributed by atoms with van der Waals surface area (Å²) in [5.74, 6) is 0. The number of hydrogen-bond donors (Lipinski definition) is 1. The number of thioether (sulfide) groups is 1. The molecule has 16 heavy (non-hydrogen) atoms. The Labute approximate surface area is 103 Å². The second kappa shape index (κ2) is 5.69. The highest BCUT2D eigenvalue weighted by molar-refractivity contribution is 8.00. The second-order valence-corrected chi connectivity index (χ2v) is 6.78. The predicted octanol–water partition coefficient (Wildman–Crippen LogP) is 3.64. The first-order valence-electron chi connectivity index (χ1n) is 5.78. The SMILES string of the molecule is CCC(NC)c1ccc(SC(C)(C)C)cn1. The van der Waals surface area contributed by atoms with Gasteiger partial charge in [0, 0.05) is 21.9 Å². The molecule has 0 aliphatic carbocycles. The molecule has 0 saturated heterocycles. The topological polar surface area (TPSA) is 24.9 Å². The molecule has 0 bridgehead atoms. The van der Waals surface area contributed by atoms with Crippen molar-refractivity contribution in [1.29, 1.82) is 0 Å². The number of pyridine rings is 1. The third-order valence-electron chi connectivity index (χ3n) is 2.30. The van der Waals surface area contributed by atoms with Gasteiger partial charge in [-0.2, -0.15) is 0 Å². The summed E-state index contributed by atoms with van der Waals surface area (Å²) in [6, 6.07) is 4.66. The van der Waals surface area contributed by atoms with E-state index in [1.165, 1.54) is 4.90 Å². The summed E-state index contributed by atoms with van der Waals surface area (Å²) < 4.78 is 0.246. The molecule has 1 aromatic heterocycles. The molecule has 1 N–H and O–H groups in total. The molecule has 0 spiro atoms. The van der Waals surface area contributed by atoms with Gasteiger partial charge in [0.25, 0.3) is 0 Å². The minimum absolute atomic E-state index is 0.246. The lowest BCUT2D eigenvalue weighted by atomic mass is 10.1. The van der Waals surface area contributed by atoms with Crippen LogP contribution in [0.25, 0.3) is 0 Å². The molecule has 0 aromatic carbocycles. The highest BCUT2D eigenvalue weighted by Gasteiger charge is 2.13. The Bertz CT molecular complexity index is 310. The van der Waals surface area contributed by atoms with Crippen molar-refractivity contribution in [2.45, 2.75) is 49.8 Å². The van der Waals surface area contributed by atoms with Crippen LogP contribution in [-0.4, -0.2) is 16.8 Å². The van der Waals surface area contributed by atoms with Gasteiger partial charge in [-0.15, -0.1) is 11.8 Å². The third kappa shape index (κ3) is 4.14. The molecule has 0 saturated carbocycles. The Morgan fingerprint density at radius 1 is 1.38 bits per heavy atom. The van der Waals surface area contributed by atoms with Crippen molar-refractivity contribution < 1.29 is 0 Å². The first kappa shape index (κ1) is 13.5. The molecule has 3 heteroatoms. The fourth-order valence-electron chi connectivity index (χ4n) is 1.57. The summed E-state index contributed by atoms with van der Waals surface area (Å²) in [4.78, 5) is 5.76. The zero-order valence-electron chi connectivity index (χ0n) is 10.9. The highest BCUT2D eigenvalue weighted by Crippen LogP contribution is 2.31. The van der Waals surface area contributed by atoms with Crippen LogP contribution in [0.5, 0.6) is 0 Å². The minimum Gasteiger partial charge on any atom is -0.312 e. The monoisotopic (exact) mass is 238 g/mol. The fourth-order valence-corrected chi connectivity index (χ4v) is 2.52. The molecular formula is C13H22N2S. The quantitative estimate of drug-likeness (QED) is 0.811. The van der Waals surface area contributed by atoms with E-state index in [1.807, 2.05) is 25.0 Å². The Morgan fingerprint density at radius 3 is 2.44 bits per heavy atom. The minimum atomic E-state index is 0.246. The van der Waals surface area contributed by atoms with Crippen molar-refractivity contribution >= 4 is 11.8 Å². The molecule has 0 aliphatic heterocycles. The zero-order chi connectivity index (χ0) is 12.2. The maximum absolute atomic E-state index is 4.52. The van der Waals surface area contributed by atoms with Crippen LogP contribution in [0.15, 0.2) is 23.2 Å². The predicted molar refractivity (Wildman–Crippen MR) is 71.9 cm³/mol. The number of hydrogen-bond acceptors (Lipinski definition) is 3. The summed E-state index contributed by atoms with van der Waals surface area (Å²) in [7, 11) is 1.98. The van der Waals surface area contributed by atoms with Gasteiger partial charge in [0.1, 0.15) is 0 Å². The van der Waals surface area contributed by atoms with Gasteiger partial charge in [-0.1, -0.05) is 27.7 Å². The number of aromatic nitrogens is 1. The number of nitrogens with zero attached hydrogens (tertiary/aromatic N) is 1. The van der Waals surface area contributed by atoms with Gasteiger partial charge < -0.3 is 5.32 Å². The van der Waals surface area contributed by atoms with Gasteiger partial charge in [-0.3, -0.25) is 4.98 Å². The van der Waals surface area contributed by atoms with E-state index in [1.54, 1.807) is 0 Å². The van der Waals surface area contributed by atoms with E-state index >= 15 is 0 Å². The number of rotatable bonds is 4. The molecule has 1 heterocycles. The highest BCUT2D eigenvalue weighted by atomic mass is 32.2. The lowest BCUT2D eigenvalue weighted by Crippen LogP contribution is -2.16. The molecule has 0 fully saturated rings. The van der Waals surface area contributed by atoms with Crippen LogP contribution in [0.3, 0.4) is 0 Å². The van der Waals surface area contributed by atoms with E-state index in [-0.39, 0.29) is 4.75 Å². The fraction of sp³-hybridized carbons (Fsp3) is 0.615. The Morgan fingerprint density at radius 2 is 2.06 bits per heavy atom. The van der Waals surface area contributed by atoms with E-state index in [9.17, 15) is 0 Å². The van der Waals surface area contributed by atoms with Gasteiger partial charge in [0.2, 0.25) is 0 Å². The molecule has 0 amide bonds. The second-order valence-electron chi connectivity index (χ2n) is 4.88. The largest absolute Gasteiger partial charge is 0.312 e. The van der Waals surface area contributed by atoms with Gasteiger partial charge in [0.15, 0.2) is 0 Å². The summed E-state index contributed by atoms with van der Waals surface area (Å²) >= 11 is 1.85. The molecule has 90 valence electrons. The van der Waals surface area contributed by atoms with E-state index in [4.69, 9.17) is 0 Å². The van der Waals surface area contributed by atoms with Crippen molar-refractivity contribution in [3.8, 4) is 0 Å². The Balaban J connectivity index is 2.75. The van der Waals surface area contributed by atoms with Crippen molar-refractivity contribution in [2.24, 2.45) is 0 Å². The molecular weight excluding hydrogens is 216 g/mol. The molecule has 1 aromatic rings. The zero-order valence-corrected chi connectivity index (χ0v) is 11.7. The summed E-state index contributed by atoms with van der Waals surface area (Å²) in [6.45, 7) is 8.82. The van der Waals surface area contributed by atoms with Gasteiger partial charge >= 0.3 is 0 Å². The Kier molecular flexibility index (Phi) is 4.81. The lowest BCUT2D eigenvalue weighted by molar-refractivity contribution is 0.561. The van der Waals surface area contributed by atoms with Crippen molar-refractivity contribution in [2.75, 3.05) is 7.05 Å². The van der Waals surface area contributed by atoms with Crippen molar-refractivity contribution in [3.63, 3.8) is 0 Å². The molecule has 1 unspecified atom stereocenters. The van der Waals surface area contributed by atoms with E-state index < -0.39 is 0 Å². The molecule has 1 rings (SSSR count). The van der Waals surface area contributed by atoms with E-state index in [0.29, 0.717) is 6.04 Å². The molecule has 0 aliphatic rings. The van der Waals surface area contributed by atoms with Crippen LogP contribution in [0.1, 0.15) is 45.9 Å². The van der Waals surface area contributed by atoms with Crippen LogP contribution in [0.4, 0.5) is 0 Å². The van der Waals surface area contributed by atoms with Crippen molar-refractivity contribution in [3.05, 3.63) is 24.0 Å². The van der Waals surface area contributed by atoms with Gasteiger partial charge in [0.05, 0.1) is 5.69 Å². The number of nitrogens with one attached hydrogen (secondary N) is 1. The van der Waals surface area contributed by atoms with E-state index in [0.717, 1.165) is 12.1 Å². The molecule has 0 radical (unpaired) electrons. The first-order chi connectivity index (χ1) is 7.46. The van der Waals surface area contributed by atoms with Crippen LogP contribution in [0, 0.1) is 0 Å². The average Bonchev–Trinajstić information content (AvgIpc) is 2.20. The van der Waals surface area contributed by atoms with Crippen molar-refractivity contribution in [1.82, 2.24) is 10.3 Å². The standard InChI is InChI=1S/C13H22N2S/c1-6-11(14-5)12-8-7-10(9-15-12)16-13(2,3)4/h7-9,11,14H,6H2,1-5H3. The van der Waals surface area contributed by atoms with Crippen LogP contribution < -0.4 is 5.32 Å². The van der Waals surface area contributed by atoms with Gasteiger partial charge in [-0.05, 0) is 25.6 Å². The summed E-state index contributed by atoms with van der Waals surface area (Å²) in [5.41, 5.74) is 1.13. The Hall–Kier alpha value is -0.540. The smallest absolute Gasteiger partial charge is 0.0573 e. The first-order valence-corrected chi connectivity index (χ1v) is 6.60. The summed E-state index contributed by atoms with van der Waals surface area (Å²) in [5, 5.41) is 3.27. The van der Waals surface area contributed by atoms with Crippen LogP contribution >= 0.6 is 11.8 Å². The third-order valence-corrected chi connectivity index (χ3v) is 3.39. The lowest BCUT2D eigenvalue weighted by Gasteiger charge is -2.18. The normalized spacial score (nSPS) is 13.8. The van der Waals surface area contributed by atoms with E-state index in [2.05, 4.69) is 50.1 Å². The molecule has 2 nitrogen and oxygen atoms in total. The average molecular weight is 238 g/mol. The van der Waals surface area contributed by atoms with Crippen LogP contribution in [0.2, 0.25) is 0 Å².